The summed E-state index contributed by atoms with van der Waals surface area (Å²) >= 11 is 1.67. The van der Waals surface area contributed by atoms with Crippen molar-refractivity contribution in [3.63, 3.8) is 0 Å². The summed E-state index contributed by atoms with van der Waals surface area (Å²) in [6.07, 6.45) is 1.88. The summed E-state index contributed by atoms with van der Waals surface area (Å²) in [7, 11) is 0. The number of rotatable bonds is 7. The van der Waals surface area contributed by atoms with Gasteiger partial charge in [-0.1, -0.05) is 24.3 Å². The first kappa shape index (κ1) is 19.0. The number of nitrogens with zero attached hydrogens (tertiary/aromatic N) is 1. The molecule has 0 spiro atoms. The Morgan fingerprint density at radius 2 is 1.93 bits per heavy atom. The number of anilines is 1. The van der Waals surface area contributed by atoms with E-state index in [1.807, 2.05) is 65.7 Å². The van der Waals surface area contributed by atoms with E-state index < -0.39 is 0 Å². The second-order valence-electron chi connectivity index (χ2n) is 7.54. The maximum atomic E-state index is 13.2. The molecule has 30 heavy (non-hydrogen) atoms. The van der Waals surface area contributed by atoms with Gasteiger partial charge in [-0.3, -0.25) is 4.79 Å². The van der Waals surface area contributed by atoms with Crippen LogP contribution in [0.2, 0.25) is 0 Å². The first-order chi connectivity index (χ1) is 14.7. The van der Waals surface area contributed by atoms with E-state index in [1.54, 1.807) is 11.3 Å². The lowest BCUT2D eigenvalue weighted by atomic mass is 10.0. The monoisotopic (exact) mass is 420 g/mol. The van der Waals surface area contributed by atoms with E-state index in [0.717, 1.165) is 40.3 Å². The molecular formula is C24H24N2O3S. The number of nitrogens with one attached hydrogen (secondary N) is 1. The Kier molecular flexibility index (Phi) is 5.09. The normalized spacial score (nSPS) is 18.0. The van der Waals surface area contributed by atoms with Crippen LogP contribution in [0.15, 0.2) is 60.0 Å². The Hall–Kier alpha value is -2.99. The summed E-state index contributed by atoms with van der Waals surface area (Å²) in [4.78, 5) is 16.4. The zero-order chi connectivity index (χ0) is 20.5. The molecule has 1 aliphatic carbocycles. The smallest absolute Gasteiger partial charge is 0.258 e. The highest BCUT2D eigenvalue weighted by Gasteiger charge is 2.42. The molecule has 5 rings (SSSR count). The molecule has 1 N–H and O–H groups in total. The number of amides is 1. The predicted octanol–water partition coefficient (Wildman–Crippen LogP) is 5.45. The van der Waals surface area contributed by atoms with E-state index in [4.69, 9.17) is 9.47 Å². The topological polar surface area (TPSA) is 50.8 Å². The van der Waals surface area contributed by atoms with Crippen molar-refractivity contribution >= 4 is 22.9 Å². The van der Waals surface area contributed by atoms with Crippen LogP contribution in [0.25, 0.3) is 0 Å². The second-order valence-corrected chi connectivity index (χ2v) is 8.58. The predicted molar refractivity (Wildman–Crippen MR) is 118 cm³/mol. The molecule has 0 unspecified atom stereocenters. The highest BCUT2D eigenvalue weighted by Crippen LogP contribution is 2.42. The van der Waals surface area contributed by atoms with Crippen LogP contribution in [0, 0.1) is 0 Å². The molecular weight excluding hydrogens is 396 g/mol. The lowest BCUT2D eigenvalue weighted by molar-refractivity contribution is 0.0666. The first-order valence-corrected chi connectivity index (χ1v) is 11.2. The molecule has 0 radical (unpaired) electrons. The molecule has 2 aromatic carbocycles. The number of hydrogen-bond acceptors (Lipinski definition) is 5. The molecule has 154 valence electrons. The van der Waals surface area contributed by atoms with Gasteiger partial charge >= 0.3 is 0 Å². The van der Waals surface area contributed by atoms with Crippen LogP contribution in [0.5, 0.6) is 11.5 Å². The molecule has 2 heterocycles. The Bertz CT molecular complexity index is 1050. The zero-order valence-corrected chi connectivity index (χ0v) is 17.7. The first-order valence-electron chi connectivity index (χ1n) is 10.3. The van der Waals surface area contributed by atoms with E-state index in [9.17, 15) is 4.79 Å². The average Bonchev–Trinajstić information content (AvgIpc) is 3.47. The summed E-state index contributed by atoms with van der Waals surface area (Å²) in [6, 6.07) is 18.1. The Labute approximate surface area is 180 Å². The third-order valence-electron chi connectivity index (χ3n) is 5.44. The Morgan fingerprint density at radius 3 is 2.70 bits per heavy atom. The molecule has 0 saturated heterocycles. The van der Waals surface area contributed by atoms with Crippen LogP contribution in [-0.2, 0) is 6.61 Å². The number of benzene rings is 2. The van der Waals surface area contributed by atoms with Crippen LogP contribution in [-0.4, -0.2) is 23.5 Å². The summed E-state index contributed by atoms with van der Waals surface area (Å²) < 4.78 is 11.9. The second kappa shape index (κ2) is 8.03. The molecule has 1 amide bonds. The standard InChI is InChI=1S/C24H24N2O3S/c1-2-28-22-14-16(9-12-21(22)29-15-18-6-5-13-30-18)23-25-20-8-4-3-7-19(20)24(27)26(23)17-10-11-17/h3-9,12-14,17,23,25H,2,10-11,15H2,1H3/t23-/m1/s1. The van der Waals surface area contributed by atoms with E-state index in [0.29, 0.717) is 19.0 Å². The van der Waals surface area contributed by atoms with Crippen molar-refractivity contribution in [1.82, 2.24) is 4.90 Å². The number of ether oxygens (including phenoxy) is 2. The number of carbonyl (C=O) groups excluding carboxylic acids is 1. The number of para-hydroxylation sites is 1. The molecule has 5 nitrogen and oxygen atoms in total. The maximum Gasteiger partial charge on any atom is 0.258 e. The van der Waals surface area contributed by atoms with Crippen molar-refractivity contribution in [1.29, 1.82) is 0 Å². The molecule has 1 fully saturated rings. The Balaban J connectivity index is 1.46. The van der Waals surface area contributed by atoms with Gasteiger partial charge in [-0.25, -0.2) is 0 Å². The molecule has 1 saturated carbocycles. The van der Waals surface area contributed by atoms with Crippen LogP contribution in [0.1, 0.15) is 46.7 Å². The minimum Gasteiger partial charge on any atom is -0.490 e. The lowest BCUT2D eigenvalue weighted by Crippen LogP contribution is -2.44. The molecule has 1 aromatic heterocycles. The summed E-state index contributed by atoms with van der Waals surface area (Å²) in [5, 5.41) is 5.61. The number of carbonyl (C=O) groups is 1. The highest BCUT2D eigenvalue weighted by molar-refractivity contribution is 7.09. The number of thiophene rings is 1. The van der Waals surface area contributed by atoms with Crippen molar-refractivity contribution in [2.24, 2.45) is 0 Å². The highest BCUT2D eigenvalue weighted by atomic mass is 32.1. The van der Waals surface area contributed by atoms with Gasteiger partial charge in [0.25, 0.3) is 5.91 Å². The average molecular weight is 421 g/mol. The largest absolute Gasteiger partial charge is 0.490 e. The zero-order valence-electron chi connectivity index (χ0n) is 16.8. The lowest BCUT2D eigenvalue weighted by Gasteiger charge is -2.38. The maximum absolute atomic E-state index is 13.2. The van der Waals surface area contributed by atoms with E-state index >= 15 is 0 Å². The van der Waals surface area contributed by atoms with Crippen molar-refractivity contribution in [2.75, 3.05) is 11.9 Å². The van der Waals surface area contributed by atoms with Crippen molar-refractivity contribution in [3.8, 4) is 11.5 Å². The van der Waals surface area contributed by atoms with Crippen LogP contribution in [0.4, 0.5) is 5.69 Å². The van der Waals surface area contributed by atoms with E-state index in [1.165, 1.54) is 0 Å². The molecule has 0 bridgehead atoms. The van der Waals surface area contributed by atoms with Crippen LogP contribution < -0.4 is 14.8 Å². The van der Waals surface area contributed by atoms with Gasteiger partial charge in [-0.05, 0) is 61.0 Å². The quantitative estimate of drug-likeness (QED) is 0.552. The molecule has 1 atom stereocenters. The van der Waals surface area contributed by atoms with Gasteiger partial charge in [0.2, 0.25) is 0 Å². The van der Waals surface area contributed by atoms with Crippen LogP contribution >= 0.6 is 11.3 Å². The SMILES string of the molecule is CCOc1cc([C@@H]2Nc3ccccc3C(=O)N2C2CC2)ccc1OCc1cccs1. The van der Waals surface area contributed by atoms with Crippen molar-refractivity contribution in [2.45, 2.75) is 38.6 Å². The number of hydrogen-bond donors (Lipinski definition) is 1. The van der Waals surface area contributed by atoms with Crippen molar-refractivity contribution in [3.05, 3.63) is 76.0 Å². The van der Waals surface area contributed by atoms with Gasteiger partial charge < -0.3 is 19.7 Å². The number of fused-ring (bicyclic) bond motifs is 1. The fourth-order valence-electron chi connectivity index (χ4n) is 3.87. The van der Waals surface area contributed by atoms with Gasteiger partial charge in [-0.15, -0.1) is 11.3 Å². The fraction of sp³-hybridized carbons (Fsp3) is 0.292. The molecule has 1 aliphatic heterocycles. The van der Waals surface area contributed by atoms with Crippen molar-refractivity contribution < 1.29 is 14.3 Å². The minimum atomic E-state index is -0.217. The molecule has 3 aromatic rings. The minimum absolute atomic E-state index is 0.0906. The van der Waals surface area contributed by atoms with E-state index in [2.05, 4.69) is 11.4 Å². The third-order valence-corrected chi connectivity index (χ3v) is 6.29. The van der Waals surface area contributed by atoms with Gasteiger partial charge in [0.05, 0.1) is 12.2 Å². The summed E-state index contributed by atoms with van der Waals surface area (Å²) in [6.45, 7) is 3.02. The van der Waals surface area contributed by atoms with Crippen LogP contribution in [0.3, 0.4) is 0 Å². The third kappa shape index (κ3) is 3.63. The summed E-state index contributed by atoms with van der Waals surface area (Å²) in [5.41, 5.74) is 2.61. The van der Waals surface area contributed by atoms with Gasteiger partial charge in [0.1, 0.15) is 12.8 Å². The van der Waals surface area contributed by atoms with Gasteiger partial charge in [0, 0.05) is 16.6 Å². The Morgan fingerprint density at radius 1 is 1.07 bits per heavy atom. The summed E-state index contributed by atoms with van der Waals surface area (Å²) in [5.74, 6) is 1.51. The van der Waals surface area contributed by atoms with Gasteiger partial charge in [0.15, 0.2) is 11.5 Å². The van der Waals surface area contributed by atoms with Gasteiger partial charge in [-0.2, -0.15) is 0 Å². The molecule has 2 aliphatic rings. The van der Waals surface area contributed by atoms with E-state index in [-0.39, 0.29) is 18.1 Å². The molecule has 6 heteroatoms. The fourth-order valence-corrected chi connectivity index (χ4v) is 4.48.